The Bertz CT molecular complexity index is 937. The number of fused-ring (bicyclic) bond motifs is 3. The largest absolute Gasteiger partial charge is 0.377 e. The fourth-order valence-corrected chi connectivity index (χ4v) is 3.37. The van der Waals surface area contributed by atoms with E-state index in [-0.39, 0.29) is 11.7 Å². The second-order valence-corrected chi connectivity index (χ2v) is 6.31. The molecule has 6 nitrogen and oxygen atoms in total. The van der Waals surface area contributed by atoms with Gasteiger partial charge in [0.25, 0.3) is 5.78 Å². The van der Waals surface area contributed by atoms with Crippen LogP contribution in [0, 0.1) is 0 Å². The van der Waals surface area contributed by atoms with Crippen LogP contribution >= 0.6 is 11.6 Å². The highest BCUT2D eigenvalue weighted by Crippen LogP contribution is 2.33. The third kappa shape index (κ3) is 2.57. The molecule has 2 aromatic heterocycles. The molecule has 1 aliphatic rings. The Morgan fingerprint density at radius 1 is 1.38 bits per heavy atom. The summed E-state index contributed by atoms with van der Waals surface area (Å²) in [5.74, 6) is 1.18. The smallest absolute Gasteiger partial charge is 0.252 e. The minimum absolute atomic E-state index is 0.0689. The molecule has 0 radical (unpaired) electrons. The first kappa shape index (κ1) is 15.2. The van der Waals surface area contributed by atoms with Gasteiger partial charge in [0.05, 0.1) is 11.3 Å². The number of nitrogens with zero attached hydrogens (tertiary/aromatic N) is 4. The van der Waals surface area contributed by atoms with E-state index in [1.165, 1.54) is 0 Å². The number of methoxy groups -OCH3 is 1. The molecule has 0 amide bonds. The van der Waals surface area contributed by atoms with Gasteiger partial charge in [-0.3, -0.25) is 4.79 Å². The van der Waals surface area contributed by atoms with Gasteiger partial charge < -0.3 is 4.74 Å². The molecule has 0 saturated carbocycles. The van der Waals surface area contributed by atoms with Crippen molar-refractivity contribution in [3.8, 4) is 0 Å². The van der Waals surface area contributed by atoms with Crippen molar-refractivity contribution in [1.82, 2.24) is 19.6 Å². The van der Waals surface area contributed by atoms with Gasteiger partial charge in [0.2, 0.25) is 0 Å². The van der Waals surface area contributed by atoms with Crippen LogP contribution in [-0.2, 0) is 17.8 Å². The molecule has 1 atom stereocenters. The Balaban J connectivity index is 1.79. The molecule has 0 bridgehead atoms. The number of halogens is 1. The first-order valence-electron chi connectivity index (χ1n) is 7.67. The number of aromatic nitrogens is 4. The van der Waals surface area contributed by atoms with Crippen LogP contribution in [0.15, 0.2) is 30.5 Å². The summed E-state index contributed by atoms with van der Waals surface area (Å²) < 4.78 is 6.74. The second-order valence-electron chi connectivity index (χ2n) is 5.87. The van der Waals surface area contributed by atoms with Crippen LogP contribution in [0.25, 0.3) is 5.78 Å². The molecule has 122 valence electrons. The second kappa shape index (κ2) is 5.96. The van der Waals surface area contributed by atoms with Gasteiger partial charge in [-0.15, -0.1) is 5.10 Å². The monoisotopic (exact) mass is 342 g/mol. The zero-order valence-corrected chi connectivity index (χ0v) is 13.8. The Kier molecular flexibility index (Phi) is 3.78. The Morgan fingerprint density at radius 3 is 3.04 bits per heavy atom. The summed E-state index contributed by atoms with van der Waals surface area (Å²) >= 11 is 6.10. The average molecular weight is 343 g/mol. The predicted octanol–water partition coefficient (Wildman–Crippen LogP) is 2.84. The van der Waals surface area contributed by atoms with Gasteiger partial charge in [0, 0.05) is 24.8 Å². The zero-order chi connectivity index (χ0) is 16.7. The Hall–Kier alpha value is -2.31. The molecular weight excluding hydrogens is 328 g/mol. The summed E-state index contributed by atoms with van der Waals surface area (Å²) in [4.78, 5) is 21.2. The topological polar surface area (TPSA) is 69.4 Å². The Morgan fingerprint density at radius 2 is 2.25 bits per heavy atom. The number of carbonyl (C=O) groups is 1. The van der Waals surface area contributed by atoms with Crippen LogP contribution < -0.4 is 0 Å². The molecule has 1 aliphatic carbocycles. The van der Waals surface area contributed by atoms with Crippen LogP contribution in [0.2, 0.25) is 5.02 Å². The highest BCUT2D eigenvalue weighted by Gasteiger charge is 2.29. The van der Waals surface area contributed by atoms with Crippen molar-refractivity contribution in [3.05, 3.63) is 58.1 Å². The molecule has 4 rings (SSSR count). The Labute approximate surface area is 143 Å². The third-order valence-electron chi connectivity index (χ3n) is 4.28. The van der Waals surface area contributed by atoms with Crippen molar-refractivity contribution in [1.29, 1.82) is 0 Å². The van der Waals surface area contributed by atoms with Crippen molar-refractivity contribution in [3.63, 3.8) is 0 Å². The number of ketones is 1. The summed E-state index contributed by atoms with van der Waals surface area (Å²) in [7, 11) is 1.59. The van der Waals surface area contributed by atoms with Crippen LogP contribution in [-0.4, -0.2) is 32.5 Å². The van der Waals surface area contributed by atoms with Crippen molar-refractivity contribution in [2.45, 2.75) is 25.4 Å². The van der Waals surface area contributed by atoms with Crippen LogP contribution in [0.4, 0.5) is 0 Å². The molecule has 3 aromatic rings. The van der Waals surface area contributed by atoms with E-state index in [1.807, 2.05) is 24.3 Å². The van der Waals surface area contributed by atoms with E-state index in [9.17, 15) is 4.79 Å². The highest BCUT2D eigenvalue weighted by molar-refractivity contribution is 6.30. The number of benzene rings is 1. The summed E-state index contributed by atoms with van der Waals surface area (Å²) in [6, 6.07) is 7.66. The van der Waals surface area contributed by atoms with E-state index in [0.717, 1.165) is 11.3 Å². The van der Waals surface area contributed by atoms with Crippen molar-refractivity contribution in [2.24, 2.45) is 0 Å². The maximum atomic E-state index is 12.6. The van der Waals surface area contributed by atoms with E-state index in [2.05, 4.69) is 15.1 Å². The van der Waals surface area contributed by atoms with Crippen molar-refractivity contribution < 1.29 is 9.53 Å². The summed E-state index contributed by atoms with van der Waals surface area (Å²) in [5.41, 5.74) is 2.52. The van der Waals surface area contributed by atoms with Crippen LogP contribution in [0.3, 0.4) is 0 Å². The fraction of sp³-hybridized carbons (Fsp3) is 0.294. The number of hydrogen-bond acceptors (Lipinski definition) is 5. The predicted molar refractivity (Wildman–Crippen MR) is 88.3 cm³/mol. The minimum Gasteiger partial charge on any atom is -0.377 e. The number of carbonyl (C=O) groups excluding carboxylic acids is 1. The third-order valence-corrected chi connectivity index (χ3v) is 4.51. The molecule has 0 spiro atoms. The molecule has 0 N–H and O–H groups in total. The molecule has 2 heterocycles. The van der Waals surface area contributed by atoms with Gasteiger partial charge in [-0.2, -0.15) is 4.98 Å². The van der Waals surface area contributed by atoms with Gasteiger partial charge in [0.1, 0.15) is 6.61 Å². The zero-order valence-electron chi connectivity index (χ0n) is 13.1. The molecule has 7 heteroatoms. The fourth-order valence-electron chi connectivity index (χ4n) is 3.18. The van der Waals surface area contributed by atoms with Crippen LogP contribution in [0.5, 0.6) is 0 Å². The molecule has 0 fully saturated rings. The summed E-state index contributed by atoms with van der Waals surface area (Å²) in [6.07, 6.45) is 2.74. The standard InChI is InChI=1S/C17H15ClN4O2/c1-24-9-16-20-17-19-8-13-14(22(17)21-16)6-11(7-15(13)23)10-3-2-4-12(18)5-10/h2-5,8,11H,6-7,9H2,1H3. The molecular formula is C17H15ClN4O2. The van der Waals surface area contributed by atoms with E-state index in [0.29, 0.717) is 41.6 Å². The van der Waals surface area contributed by atoms with E-state index in [1.54, 1.807) is 17.8 Å². The number of rotatable bonds is 3. The highest BCUT2D eigenvalue weighted by atomic mass is 35.5. The summed E-state index contributed by atoms with van der Waals surface area (Å²) in [6.45, 7) is 0.309. The van der Waals surface area contributed by atoms with E-state index >= 15 is 0 Å². The molecule has 0 aliphatic heterocycles. The lowest BCUT2D eigenvalue weighted by Crippen LogP contribution is -2.22. The number of hydrogen-bond donors (Lipinski definition) is 0. The maximum Gasteiger partial charge on any atom is 0.252 e. The normalized spacial score (nSPS) is 17.2. The van der Waals surface area contributed by atoms with E-state index < -0.39 is 0 Å². The first-order valence-corrected chi connectivity index (χ1v) is 8.04. The minimum atomic E-state index is 0.0689. The lowest BCUT2D eigenvalue weighted by molar-refractivity contribution is 0.0962. The molecule has 0 saturated heterocycles. The van der Waals surface area contributed by atoms with Crippen molar-refractivity contribution >= 4 is 23.2 Å². The lowest BCUT2D eigenvalue weighted by Gasteiger charge is -2.24. The number of ether oxygens (including phenoxy) is 1. The number of Topliss-reactive ketones (excluding diaryl/α,β-unsaturated/α-hetero) is 1. The first-order chi connectivity index (χ1) is 11.7. The van der Waals surface area contributed by atoms with Gasteiger partial charge in [-0.05, 0) is 30.0 Å². The quantitative estimate of drug-likeness (QED) is 0.732. The molecule has 1 unspecified atom stereocenters. The van der Waals surface area contributed by atoms with Gasteiger partial charge in [-0.1, -0.05) is 23.7 Å². The lowest BCUT2D eigenvalue weighted by atomic mass is 9.82. The van der Waals surface area contributed by atoms with Gasteiger partial charge >= 0.3 is 0 Å². The molecule has 1 aromatic carbocycles. The van der Waals surface area contributed by atoms with E-state index in [4.69, 9.17) is 16.3 Å². The maximum absolute atomic E-state index is 12.6. The van der Waals surface area contributed by atoms with Crippen molar-refractivity contribution in [2.75, 3.05) is 7.11 Å². The molecule has 24 heavy (non-hydrogen) atoms. The van der Waals surface area contributed by atoms with Crippen LogP contribution in [0.1, 0.15) is 39.8 Å². The summed E-state index contributed by atoms with van der Waals surface area (Å²) in [5, 5.41) is 5.11. The average Bonchev–Trinajstić information content (AvgIpc) is 2.98. The SMILES string of the molecule is COCc1nc2ncc3c(n2n1)CC(c1cccc(Cl)c1)CC3=O. The van der Waals surface area contributed by atoms with Gasteiger partial charge in [-0.25, -0.2) is 9.50 Å². The van der Waals surface area contributed by atoms with Gasteiger partial charge in [0.15, 0.2) is 11.6 Å².